The summed E-state index contributed by atoms with van der Waals surface area (Å²) >= 11 is 0. The first kappa shape index (κ1) is 12.6. The lowest BCUT2D eigenvalue weighted by Gasteiger charge is -2.12. The molecule has 88 valence electrons. The highest BCUT2D eigenvalue weighted by Gasteiger charge is 2.12. The lowest BCUT2D eigenvalue weighted by molar-refractivity contribution is 0.0940. The van der Waals surface area contributed by atoms with Crippen molar-refractivity contribution in [3.63, 3.8) is 0 Å². The molecule has 0 aliphatic heterocycles. The van der Waals surface area contributed by atoms with Gasteiger partial charge in [0, 0.05) is 6.04 Å². The van der Waals surface area contributed by atoms with E-state index in [0.717, 1.165) is 12.0 Å². The van der Waals surface area contributed by atoms with Crippen molar-refractivity contribution in [1.82, 2.24) is 5.32 Å². The summed E-state index contributed by atoms with van der Waals surface area (Å²) in [6.45, 7) is 5.94. The molecule has 0 atom stereocenters. The number of carbonyl (C=O) groups excluding carboxylic acids is 1. The van der Waals surface area contributed by atoms with E-state index in [2.05, 4.69) is 12.2 Å². The molecule has 1 aromatic carbocycles. The van der Waals surface area contributed by atoms with Crippen LogP contribution >= 0.6 is 0 Å². The average Bonchev–Trinajstić information content (AvgIpc) is 2.27. The van der Waals surface area contributed by atoms with E-state index in [4.69, 9.17) is 4.74 Å². The third kappa shape index (κ3) is 2.99. The maximum Gasteiger partial charge on any atom is 0.255 e. The van der Waals surface area contributed by atoms with Gasteiger partial charge in [-0.25, -0.2) is 0 Å². The molecule has 1 rings (SSSR count). The van der Waals surface area contributed by atoms with Gasteiger partial charge in [0.05, 0.1) is 12.7 Å². The molecule has 0 unspecified atom stereocenters. The zero-order valence-electron chi connectivity index (χ0n) is 10.3. The van der Waals surface area contributed by atoms with Gasteiger partial charge in [0.2, 0.25) is 0 Å². The van der Waals surface area contributed by atoms with Crippen LogP contribution in [0.25, 0.3) is 0 Å². The highest BCUT2D eigenvalue weighted by atomic mass is 16.5. The number of hydrogen-bond acceptors (Lipinski definition) is 2. The van der Waals surface area contributed by atoms with E-state index in [9.17, 15) is 4.79 Å². The molecule has 0 saturated carbocycles. The van der Waals surface area contributed by atoms with Gasteiger partial charge in [0.25, 0.3) is 5.91 Å². The van der Waals surface area contributed by atoms with E-state index in [0.29, 0.717) is 11.3 Å². The third-order valence-electron chi connectivity index (χ3n) is 2.34. The maximum absolute atomic E-state index is 11.8. The summed E-state index contributed by atoms with van der Waals surface area (Å²) in [7, 11) is 1.58. The van der Waals surface area contributed by atoms with E-state index in [1.165, 1.54) is 0 Å². The molecule has 0 aliphatic carbocycles. The third-order valence-corrected chi connectivity index (χ3v) is 2.34. The number of hydrogen-bond donors (Lipinski definition) is 1. The normalized spacial score (nSPS) is 10.3. The minimum absolute atomic E-state index is 0.0884. The monoisotopic (exact) mass is 221 g/mol. The Hall–Kier alpha value is -1.51. The standard InChI is InChI=1S/C13H19NO2/c1-5-10-6-7-11(12(8-10)16-4)13(15)14-9(2)3/h6-9H,5H2,1-4H3,(H,14,15). The first-order valence-electron chi connectivity index (χ1n) is 5.56. The van der Waals surface area contributed by atoms with Crippen LogP contribution in [0.3, 0.4) is 0 Å². The van der Waals surface area contributed by atoms with Crippen molar-refractivity contribution < 1.29 is 9.53 Å². The van der Waals surface area contributed by atoms with Gasteiger partial charge in [0.15, 0.2) is 0 Å². The van der Waals surface area contributed by atoms with E-state index in [1.807, 2.05) is 32.0 Å². The van der Waals surface area contributed by atoms with E-state index < -0.39 is 0 Å². The van der Waals surface area contributed by atoms with E-state index in [1.54, 1.807) is 7.11 Å². The summed E-state index contributed by atoms with van der Waals surface area (Å²) in [5.41, 5.74) is 1.76. The van der Waals surface area contributed by atoms with Gasteiger partial charge in [-0.2, -0.15) is 0 Å². The molecule has 1 aromatic rings. The smallest absolute Gasteiger partial charge is 0.255 e. The van der Waals surface area contributed by atoms with Crippen LogP contribution in [-0.4, -0.2) is 19.1 Å². The Morgan fingerprint density at radius 3 is 2.62 bits per heavy atom. The fourth-order valence-corrected chi connectivity index (χ4v) is 1.48. The summed E-state index contributed by atoms with van der Waals surface area (Å²) in [6, 6.07) is 5.81. The Labute approximate surface area is 96.8 Å². The molecule has 0 saturated heterocycles. The quantitative estimate of drug-likeness (QED) is 0.847. The Kier molecular flexibility index (Phi) is 4.35. The predicted octanol–water partition coefficient (Wildman–Crippen LogP) is 2.40. The Balaban J connectivity index is 2.99. The minimum atomic E-state index is -0.0884. The van der Waals surface area contributed by atoms with Crippen LogP contribution < -0.4 is 10.1 Å². The number of nitrogens with one attached hydrogen (secondary N) is 1. The summed E-state index contributed by atoms with van der Waals surface area (Å²) in [4.78, 5) is 11.8. The van der Waals surface area contributed by atoms with Gasteiger partial charge in [-0.15, -0.1) is 0 Å². The van der Waals surface area contributed by atoms with Crippen molar-refractivity contribution in [3.05, 3.63) is 29.3 Å². The van der Waals surface area contributed by atoms with Gasteiger partial charge in [-0.3, -0.25) is 4.79 Å². The van der Waals surface area contributed by atoms with Crippen molar-refractivity contribution in [2.75, 3.05) is 7.11 Å². The van der Waals surface area contributed by atoms with Crippen molar-refractivity contribution >= 4 is 5.91 Å². The number of rotatable bonds is 4. The molecule has 0 aliphatic rings. The Morgan fingerprint density at radius 2 is 2.12 bits per heavy atom. The molecular weight excluding hydrogens is 202 g/mol. The number of amides is 1. The summed E-state index contributed by atoms with van der Waals surface area (Å²) < 4.78 is 5.23. The van der Waals surface area contributed by atoms with Crippen LogP contribution in [0.15, 0.2) is 18.2 Å². The zero-order chi connectivity index (χ0) is 12.1. The fourth-order valence-electron chi connectivity index (χ4n) is 1.48. The van der Waals surface area contributed by atoms with Crippen molar-refractivity contribution in [2.45, 2.75) is 33.2 Å². The van der Waals surface area contributed by atoms with E-state index in [-0.39, 0.29) is 11.9 Å². The number of aryl methyl sites for hydroxylation is 1. The van der Waals surface area contributed by atoms with Gasteiger partial charge < -0.3 is 10.1 Å². The minimum Gasteiger partial charge on any atom is -0.496 e. The SMILES string of the molecule is CCc1ccc(C(=O)NC(C)C)c(OC)c1. The van der Waals surface area contributed by atoms with Gasteiger partial charge in [-0.05, 0) is 38.0 Å². The molecular formula is C13H19NO2. The van der Waals surface area contributed by atoms with Crippen LogP contribution in [0.2, 0.25) is 0 Å². The average molecular weight is 221 g/mol. The van der Waals surface area contributed by atoms with Gasteiger partial charge in [0.1, 0.15) is 5.75 Å². The summed E-state index contributed by atoms with van der Waals surface area (Å²) in [6.07, 6.45) is 0.933. The van der Waals surface area contributed by atoms with Crippen LogP contribution in [0, 0.1) is 0 Å². The molecule has 0 aromatic heterocycles. The maximum atomic E-state index is 11.8. The zero-order valence-corrected chi connectivity index (χ0v) is 10.3. The van der Waals surface area contributed by atoms with Crippen LogP contribution in [0.4, 0.5) is 0 Å². The number of methoxy groups -OCH3 is 1. The van der Waals surface area contributed by atoms with Crippen LogP contribution in [0.5, 0.6) is 5.75 Å². The van der Waals surface area contributed by atoms with Crippen LogP contribution in [-0.2, 0) is 6.42 Å². The second kappa shape index (κ2) is 5.54. The van der Waals surface area contributed by atoms with Crippen molar-refractivity contribution in [3.8, 4) is 5.75 Å². The predicted molar refractivity (Wildman–Crippen MR) is 65.0 cm³/mol. The Morgan fingerprint density at radius 1 is 1.44 bits per heavy atom. The first-order chi connectivity index (χ1) is 7.58. The summed E-state index contributed by atoms with van der Waals surface area (Å²) in [5, 5.41) is 2.85. The van der Waals surface area contributed by atoms with Gasteiger partial charge >= 0.3 is 0 Å². The first-order valence-corrected chi connectivity index (χ1v) is 5.56. The topological polar surface area (TPSA) is 38.3 Å². The Bertz CT molecular complexity index is 372. The molecule has 0 radical (unpaired) electrons. The molecule has 0 heterocycles. The number of carbonyl (C=O) groups is 1. The molecule has 3 nitrogen and oxygen atoms in total. The highest BCUT2D eigenvalue weighted by Crippen LogP contribution is 2.20. The fraction of sp³-hybridized carbons (Fsp3) is 0.462. The molecule has 0 fully saturated rings. The molecule has 1 amide bonds. The van der Waals surface area contributed by atoms with Crippen LogP contribution in [0.1, 0.15) is 36.7 Å². The number of ether oxygens (including phenoxy) is 1. The largest absolute Gasteiger partial charge is 0.496 e. The van der Waals surface area contributed by atoms with Crippen molar-refractivity contribution in [2.24, 2.45) is 0 Å². The second-order valence-corrected chi connectivity index (χ2v) is 4.02. The van der Waals surface area contributed by atoms with E-state index >= 15 is 0 Å². The number of benzene rings is 1. The summed E-state index contributed by atoms with van der Waals surface area (Å²) in [5.74, 6) is 0.548. The molecule has 1 N–H and O–H groups in total. The molecule has 0 bridgehead atoms. The second-order valence-electron chi connectivity index (χ2n) is 4.02. The molecule has 3 heteroatoms. The van der Waals surface area contributed by atoms with Gasteiger partial charge in [-0.1, -0.05) is 13.0 Å². The lowest BCUT2D eigenvalue weighted by atomic mass is 10.1. The highest BCUT2D eigenvalue weighted by molar-refractivity contribution is 5.97. The molecule has 16 heavy (non-hydrogen) atoms. The lowest BCUT2D eigenvalue weighted by Crippen LogP contribution is -2.30. The van der Waals surface area contributed by atoms with Crippen molar-refractivity contribution in [1.29, 1.82) is 0 Å². The molecule has 0 spiro atoms.